The molecule has 0 radical (unpaired) electrons. The summed E-state index contributed by atoms with van der Waals surface area (Å²) < 4.78 is 0. The van der Waals surface area contributed by atoms with Crippen LogP contribution in [-0.4, -0.2) is 34.9 Å². The third-order valence-corrected chi connectivity index (χ3v) is 4.51. The molecule has 0 unspecified atom stereocenters. The third kappa shape index (κ3) is 3.69. The van der Waals surface area contributed by atoms with E-state index < -0.39 is 6.10 Å². The molecule has 2 aliphatic carbocycles. The van der Waals surface area contributed by atoms with Gasteiger partial charge in [0.25, 0.3) is 0 Å². The molecule has 0 aliphatic heterocycles. The lowest BCUT2D eigenvalue weighted by atomic mass is 10.0. The summed E-state index contributed by atoms with van der Waals surface area (Å²) in [5.41, 5.74) is 0. The molecular weight excluding hydrogens is 230 g/mol. The van der Waals surface area contributed by atoms with E-state index in [1.165, 1.54) is 25.7 Å². The van der Waals surface area contributed by atoms with Crippen LogP contribution in [0.3, 0.4) is 0 Å². The molecule has 0 saturated heterocycles. The SMILES string of the molecule is O=C(CCC1CCCC1)N[C@H]1C[C@@H](CO)[C@@H](O)C1. The minimum atomic E-state index is -0.463. The number of amides is 1. The van der Waals surface area contributed by atoms with E-state index in [2.05, 4.69) is 5.32 Å². The Morgan fingerprint density at radius 2 is 1.94 bits per heavy atom. The molecule has 2 rings (SSSR count). The van der Waals surface area contributed by atoms with Crippen molar-refractivity contribution in [3.05, 3.63) is 0 Å². The van der Waals surface area contributed by atoms with Crippen molar-refractivity contribution in [1.82, 2.24) is 5.32 Å². The van der Waals surface area contributed by atoms with Crippen LogP contribution in [0.5, 0.6) is 0 Å². The number of hydrogen-bond donors (Lipinski definition) is 3. The summed E-state index contributed by atoms with van der Waals surface area (Å²) in [4.78, 5) is 11.8. The summed E-state index contributed by atoms with van der Waals surface area (Å²) in [6, 6.07) is 0.0493. The van der Waals surface area contributed by atoms with Gasteiger partial charge < -0.3 is 15.5 Å². The van der Waals surface area contributed by atoms with Crippen molar-refractivity contribution in [2.45, 2.75) is 63.5 Å². The first-order valence-electron chi connectivity index (χ1n) is 7.27. The molecular formula is C14H25NO3. The zero-order chi connectivity index (χ0) is 13.0. The number of carbonyl (C=O) groups is 1. The van der Waals surface area contributed by atoms with Crippen molar-refractivity contribution in [2.24, 2.45) is 11.8 Å². The fourth-order valence-corrected chi connectivity index (χ4v) is 3.35. The Morgan fingerprint density at radius 1 is 1.22 bits per heavy atom. The number of rotatable bonds is 5. The lowest BCUT2D eigenvalue weighted by molar-refractivity contribution is -0.122. The Bertz CT molecular complexity index is 276. The second-order valence-corrected chi connectivity index (χ2v) is 5.94. The van der Waals surface area contributed by atoms with Crippen LogP contribution in [0.15, 0.2) is 0 Å². The van der Waals surface area contributed by atoms with Crippen LogP contribution in [-0.2, 0) is 4.79 Å². The summed E-state index contributed by atoms with van der Waals surface area (Å²) in [5.74, 6) is 0.790. The Kier molecular flexibility index (Phi) is 5.01. The highest BCUT2D eigenvalue weighted by atomic mass is 16.3. The Hall–Kier alpha value is -0.610. The molecule has 2 saturated carbocycles. The summed E-state index contributed by atoms with van der Waals surface area (Å²) in [5, 5.41) is 21.7. The molecule has 0 aromatic heterocycles. The average Bonchev–Trinajstić information content (AvgIpc) is 2.96. The lowest BCUT2D eigenvalue weighted by Gasteiger charge is -2.13. The van der Waals surface area contributed by atoms with Crippen molar-refractivity contribution in [3.63, 3.8) is 0 Å². The summed E-state index contributed by atoms with van der Waals surface area (Å²) >= 11 is 0. The third-order valence-electron chi connectivity index (χ3n) is 4.51. The molecule has 3 N–H and O–H groups in total. The predicted octanol–water partition coefficient (Wildman–Crippen LogP) is 1.20. The molecule has 1 amide bonds. The number of nitrogens with one attached hydrogen (secondary N) is 1. The summed E-state index contributed by atoms with van der Waals surface area (Å²) in [6.45, 7) is 0.00953. The zero-order valence-electron chi connectivity index (χ0n) is 11.0. The molecule has 18 heavy (non-hydrogen) atoms. The number of carbonyl (C=O) groups excluding carboxylic acids is 1. The Labute approximate surface area is 109 Å². The second-order valence-electron chi connectivity index (χ2n) is 5.94. The van der Waals surface area contributed by atoms with Crippen molar-refractivity contribution < 1.29 is 15.0 Å². The van der Waals surface area contributed by atoms with E-state index in [0.717, 1.165) is 12.3 Å². The zero-order valence-corrected chi connectivity index (χ0v) is 11.0. The Balaban J connectivity index is 1.65. The molecule has 0 spiro atoms. The van der Waals surface area contributed by atoms with Gasteiger partial charge in [-0.1, -0.05) is 25.7 Å². The molecule has 3 atom stereocenters. The molecule has 0 heterocycles. The van der Waals surface area contributed by atoms with Gasteiger partial charge in [-0.25, -0.2) is 0 Å². The van der Waals surface area contributed by atoms with Gasteiger partial charge in [0.1, 0.15) is 0 Å². The Morgan fingerprint density at radius 3 is 2.56 bits per heavy atom. The topological polar surface area (TPSA) is 69.6 Å². The lowest BCUT2D eigenvalue weighted by Crippen LogP contribution is -2.33. The minimum Gasteiger partial charge on any atom is -0.396 e. The number of aliphatic hydroxyl groups excluding tert-OH is 2. The second kappa shape index (κ2) is 6.53. The van der Waals surface area contributed by atoms with Crippen molar-refractivity contribution >= 4 is 5.91 Å². The highest BCUT2D eigenvalue weighted by Crippen LogP contribution is 2.29. The molecule has 4 nitrogen and oxygen atoms in total. The van der Waals surface area contributed by atoms with E-state index >= 15 is 0 Å². The fourth-order valence-electron chi connectivity index (χ4n) is 3.35. The van der Waals surface area contributed by atoms with Gasteiger partial charge in [-0.3, -0.25) is 4.79 Å². The van der Waals surface area contributed by atoms with Gasteiger partial charge >= 0.3 is 0 Å². The van der Waals surface area contributed by atoms with E-state index in [1.807, 2.05) is 0 Å². The van der Waals surface area contributed by atoms with Crippen LogP contribution < -0.4 is 5.32 Å². The van der Waals surface area contributed by atoms with E-state index in [4.69, 9.17) is 5.11 Å². The van der Waals surface area contributed by atoms with Gasteiger partial charge in [0.15, 0.2) is 0 Å². The van der Waals surface area contributed by atoms with Crippen LogP contribution >= 0.6 is 0 Å². The first kappa shape index (κ1) is 13.8. The first-order valence-corrected chi connectivity index (χ1v) is 7.27. The van der Waals surface area contributed by atoms with E-state index in [9.17, 15) is 9.90 Å². The monoisotopic (exact) mass is 255 g/mol. The van der Waals surface area contributed by atoms with Gasteiger partial charge in [0.2, 0.25) is 5.91 Å². The number of aliphatic hydroxyl groups is 2. The van der Waals surface area contributed by atoms with Crippen LogP contribution in [0.4, 0.5) is 0 Å². The summed E-state index contributed by atoms with van der Waals surface area (Å²) in [7, 11) is 0. The molecule has 104 valence electrons. The van der Waals surface area contributed by atoms with Crippen LogP contribution in [0.25, 0.3) is 0 Å². The van der Waals surface area contributed by atoms with Crippen LogP contribution in [0, 0.1) is 11.8 Å². The molecule has 2 aliphatic rings. The summed E-state index contributed by atoms with van der Waals surface area (Å²) in [6.07, 6.45) is 7.64. The highest BCUT2D eigenvalue weighted by Gasteiger charge is 2.33. The fraction of sp³-hybridized carbons (Fsp3) is 0.929. The van der Waals surface area contributed by atoms with Crippen molar-refractivity contribution in [1.29, 1.82) is 0 Å². The average molecular weight is 255 g/mol. The number of hydrogen-bond acceptors (Lipinski definition) is 3. The van der Waals surface area contributed by atoms with Crippen molar-refractivity contribution in [3.8, 4) is 0 Å². The van der Waals surface area contributed by atoms with E-state index in [0.29, 0.717) is 19.3 Å². The van der Waals surface area contributed by atoms with Gasteiger partial charge in [-0.15, -0.1) is 0 Å². The quantitative estimate of drug-likeness (QED) is 0.691. The van der Waals surface area contributed by atoms with Crippen molar-refractivity contribution in [2.75, 3.05) is 6.61 Å². The van der Waals surface area contributed by atoms with Crippen LogP contribution in [0.1, 0.15) is 51.4 Å². The predicted molar refractivity (Wildman–Crippen MR) is 68.9 cm³/mol. The molecule has 0 aromatic rings. The maximum Gasteiger partial charge on any atom is 0.220 e. The van der Waals surface area contributed by atoms with Gasteiger partial charge in [0, 0.05) is 25.0 Å². The van der Waals surface area contributed by atoms with Crippen LogP contribution in [0.2, 0.25) is 0 Å². The first-order chi connectivity index (χ1) is 8.69. The van der Waals surface area contributed by atoms with Gasteiger partial charge in [-0.05, 0) is 25.2 Å². The molecule has 2 fully saturated rings. The maximum atomic E-state index is 11.8. The highest BCUT2D eigenvalue weighted by molar-refractivity contribution is 5.76. The normalized spacial score (nSPS) is 32.9. The molecule has 4 heteroatoms. The van der Waals surface area contributed by atoms with E-state index in [-0.39, 0.29) is 24.5 Å². The molecule has 0 aromatic carbocycles. The van der Waals surface area contributed by atoms with E-state index in [1.54, 1.807) is 0 Å². The molecule has 0 bridgehead atoms. The van der Waals surface area contributed by atoms with Gasteiger partial charge in [0.05, 0.1) is 6.10 Å². The maximum absolute atomic E-state index is 11.8. The smallest absolute Gasteiger partial charge is 0.220 e. The standard InChI is InChI=1S/C14H25NO3/c16-9-11-7-12(8-13(11)17)15-14(18)6-5-10-3-1-2-4-10/h10-13,16-17H,1-9H2,(H,15,18)/t11-,12-,13-/m0/s1. The van der Waals surface area contributed by atoms with Gasteiger partial charge in [-0.2, -0.15) is 0 Å². The minimum absolute atomic E-state index is 0.00953. The largest absolute Gasteiger partial charge is 0.396 e.